The van der Waals surface area contributed by atoms with Crippen LogP contribution in [-0.2, 0) is 9.31 Å². The van der Waals surface area contributed by atoms with E-state index < -0.39 is 0 Å². The lowest BCUT2D eigenvalue weighted by Crippen LogP contribution is -2.30. The molecule has 0 radical (unpaired) electrons. The lowest BCUT2D eigenvalue weighted by atomic mass is 9.79. The summed E-state index contributed by atoms with van der Waals surface area (Å²) >= 11 is 0. The molecule has 1 atom stereocenters. The molecule has 0 spiro atoms. The Morgan fingerprint density at radius 1 is 1.54 bits per heavy atom. The molecule has 0 aromatic rings. The van der Waals surface area contributed by atoms with Gasteiger partial charge in [-0.2, -0.15) is 0 Å². The normalized spacial score (nSPS) is 27.1. The van der Waals surface area contributed by atoms with Gasteiger partial charge in [0.2, 0.25) is 0 Å². The highest BCUT2D eigenvalue weighted by Gasteiger charge is 2.43. The smallest absolute Gasteiger partial charge is 0.402 e. The molecule has 1 aliphatic heterocycles. The molecule has 1 fully saturated rings. The van der Waals surface area contributed by atoms with E-state index in [4.69, 9.17) is 9.31 Å². The summed E-state index contributed by atoms with van der Waals surface area (Å²) in [5, 5.41) is 0. The lowest BCUT2D eigenvalue weighted by molar-refractivity contribution is 0.0842. The monoisotopic (exact) mass is 180 g/mol. The predicted octanol–water partition coefficient (Wildman–Crippen LogP) is 2.36. The van der Waals surface area contributed by atoms with Gasteiger partial charge in [-0.3, -0.25) is 0 Å². The van der Waals surface area contributed by atoms with Gasteiger partial charge in [0.25, 0.3) is 0 Å². The molecular weight excluding hydrogens is 163 g/mol. The summed E-state index contributed by atoms with van der Waals surface area (Å²) in [5.41, 5.74) is 0.662. The van der Waals surface area contributed by atoms with Crippen molar-refractivity contribution in [2.24, 2.45) is 0 Å². The summed E-state index contributed by atoms with van der Waals surface area (Å²) in [6.45, 7) is 11.9. The fraction of sp³-hybridized carbons (Fsp3) is 0.600. The van der Waals surface area contributed by atoms with Gasteiger partial charge in [0.05, 0.1) is 11.7 Å². The Bertz CT molecular complexity index is 233. The molecule has 2 nitrogen and oxygen atoms in total. The first-order valence-corrected chi connectivity index (χ1v) is 4.62. The molecule has 0 bridgehead atoms. The molecule has 72 valence electrons. The molecule has 13 heavy (non-hydrogen) atoms. The Morgan fingerprint density at radius 2 is 2.15 bits per heavy atom. The molecule has 1 unspecified atom stereocenters. The minimum Gasteiger partial charge on any atom is -0.402 e. The predicted molar refractivity (Wildman–Crippen MR) is 55.4 cm³/mol. The van der Waals surface area contributed by atoms with Crippen LogP contribution >= 0.6 is 0 Å². The molecule has 1 saturated heterocycles. The average Bonchev–Trinajstić information content (AvgIpc) is 2.27. The maximum atomic E-state index is 5.70. The summed E-state index contributed by atoms with van der Waals surface area (Å²) in [5.74, 6) is 0. The highest BCUT2D eigenvalue weighted by atomic mass is 16.7. The van der Waals surface area contributed by atoms with E-state index in [0.29, 0.717) is 0 Å². The molecular formula is C10H17BO2. The van der Waals surface area contributed by atoms with Gasteiger partial charge >= 0.3 is 7.12 Å². The van der Waals surface area contributed by atoms with Crippen LogP contribution in [0.4, 0.5) is 0 Å². The highest BCUT2D eigenvalue weighted by Crippen LogP contribution is 2.29. The van der Waals surface area contributed by atoms with Crippen LogP contribution in [0.25, 0.3) is 0 Å². The van der Waals surface area contributed by atoms with Gasteiger partial charge in [0.1, 0.15) is 0 Å². The molecule has 0 aromatic carbocycles. The summed E-state index contributed by atoms with van der Waals surface area (Å²) in [6, 6.07) is 0. The first-order chi connectivity index (χ1) is 5.97. The van der Waals surface area contributed by atoms with Crippen LogP contribution in [0.2, 0.25) is 0 Å². The van der Waals surface area contributed by atoms with Crippen LogP contribution in [-0.4, -0.2) is 18.8 Å². The second-order valence-corrected chi connectivity index (χ2v) is 3.91. The van der Waals surface area contributed by atoms with Gasteiger partial charge in [0, 0.05) is 0 Å². The standard InChI is InChI=1S/C10H17BO2/c1-6-7-8(2)11-12-9(3)10(4,5)13-11/h6-7,9H,2H2,1,3-5H3/b7-6-. The molecule has 0 N–H and O–H groups in total. The maximum absolute atomic E-state index is 5.70. The van der Waals surface area contributed by atoms with Gasteiger partial charge < -0.3 is 9.31 Å². The van der Waals surface area contributed by atoms with E-state index in [1.165, 1.54) is 0 Å². The van der Waals surface area contributed by atoms with E-state index in [9.17, 15) is 0 Å². The van der Waals surface area contributed by atoms with Crippen molar-refractivity contribution in [3.63, 3.8) is 0 Å². The molecule has 3 heteroatoms. The quantitative estimate of drug-likeness (QED) is 0.479. The highest BCUT2D eigenvalue weighted by molar-refractivity contribution is 6.55. The minimum atomic E-state index is -0.277. The van der Waals surface area contributed by atoms with Crippen LogP contribution < -0.4 is 0 Å². The van der Waals surface area contributed by atoms with E-state index in [-0.39, 0.29) is 18.8 Å². The van der Waals surface area contributed by atoms with Crippen LogP contribution in [0.1, 0.15) is 27.7 Å². The van der Waals surface area contributed by atoms with Crippen LogP contribution in [0.3, 0.4) is 0 Å². The van der Waals surface area contributed by atoms with E-state index in [2.05, 4.69) is 6.58 Å². The molecule has 0 saturated carbocycles. The van der Waals surface area contributed by atoms with Crippen molar-refractivity contribution in [2.75, 3.05) is 0 Å². The van der Waals surface area contributed by atoms with Crippen LogP contribution in [0.15, 0.2) is 24.2 Å². The first kappa shape index (κ1) is 10.5. The Balaban J connectivity index is 2.64. The fourth-order valence-electron chi connectivity index (χ4n) is 1.20. The molecule has 1 rings (SSSR count). The van der Waals surface area contributed by atoms with Crippen molar-refractivity contribution in [3.05, 3.63) is 24.2 Å². The Hall–Kier alpha value is -0.535. The van der Waals surface area contributed by atoms with E-state index in [1.54, 1.807) is 0 Å². The molecule has 0 aliphatic carbocycles. The van der Waals surface area contributed by atoms with Gasteiger partial charge in [-0.05, 0) is 33.2 Å². The third-order valence-corrected chi connectivity index (χ3v) is 2.40. The van der Waals surface area contributed by atoms with Crippen molar-refractivity contribution in [2.45, 2.75) is 39.4 Å². The summed E-state index contributed by atoms with van der Waals surface area (Å²) in [7, 11) is -0.277. The number of allylic oxidation sites excluding steroid dienone is 3. The van der Waals surface area contributed by atoms with Gasteiger partial charge in [-0.15, -0.1) is 0 Å². The summed E-state index contributed by atoms with van der Waals surface area (Å²) in [6.07, 6.45) is 3.96. The second-order valence-electron chi connectivity index (χ2n) is 3.91. The first-order valence-electron chi connectivity index (χ1n) is 4.62. The van der Waals surface area contributed by atoms with Gasteiger partial charge in [-0.1, -0.05) is 18.7 Å². The fourth-order valence-corrected chi connectivity index (χ4v) is 1.20. The minimum absolute atomic E-state index is 0.111. The van der Waals surface area contributed by atoms with Crippen molar-refractivity contribution >= 4 is 7.12 Å². The third-order valence-electron chi connectivity index (χ3n) is 2.40. The van der Waals surface area contributed by atoms with Crippen molar-refractivity contribution in [1.82, 2.24) is 0 Å². The Morgan fingerprint density at radius 3 is 2.54 bits per heavy atom. The number of rotatable bonds is 2. The molecule has 1 aliphatic rings. The van der Waals surface area contributed by atoms with Gasteiger partial charge in [-0.25, -0.2) is 0 Å². The second kappa shape index (κ2) is 3.68. The van der Waals surface area contributed by atoms with Crippen LogP contribution in [0.5, 0.6) is 0 Å². The van der Waals surface area contributed by atoms with Crippen molar-refractivity contribution < 1.29 is 9.31 Å². The van der Waals surface area contributed by atoms with Crippen molar-refractivity contribution in [1.29, 1.82) is 0 Å². The van der Waals surface area contributed by atoms with E-state index in [1.807, 2.05) is 39.8 Å². The maximum Gasteiger partial charge on any atom is 0.494 e. The van der Waals surface area contributed by atoms with E-state index in [0.717, 1.165) is 5.47 Å². The number of hydrogen-bond donors (Lipinski definition) is 0. The molecule has 0 aromatic heterocycles. The third kappa shape index (κ3) is 2.23. The lowest BCUT2D eigenvalue weighted by Gasteiger charge is -2.21. The van der Waals surface area contributed by atoms with E-state index >= 15 is 0 Å². The Kier molecular flexibility index (Phi) is 2.99. The SMILES string of the molecule is C=C(/C=C\C)B1OC(C)C(C)(C)O1. The zero-order valence-corrected chi connectivity index (χ0v) is 8.83. The van der Waals surface area contributed by atoms with Crippen molar-refractivity contribution in [3.8, 4) is 0 Å². The molecule has 0 amide bonds. The topological polar surface area (TPSA) is 18.5 Å². The summed E-state index contributed by atoms with van der Waals surface area (Å²) < 4.78 is 11.3. The average molecular weight is 180 g/mol. The van der Waals surface area contributed by atoms with Crippen LogP contribution in [0, 0.1) is 0 Å². The zero-order chi connectivity index (χ0) is 10.1. The number of hydrogen-bond acceptors (Lipinski definition) is 2. The largest absolute Gasteiger partial charge is 0.494 e. The van der Waals surface area contributed by atoms with Gasteiger partial charge in [0.15, 0.2) is 0 Å². The zero-order valence-electron chi connectivity index (χ0n) is 8.83. The summed E-state index contributed by atoms with van der Waals surface area (Å²) in [4.78, 5) is 0. The molecule has 1 heterocycles. The Labute approximate surface area is 80.8 Å².